The molecule has 3 rings (SSSR count). The van der Waals surface area contributed by atoms with E-state index in [0.717, 1.165) is 29.7 Å². The minimum atomic E-state index is 0.648. The first kappa shape index (κ1) is 15.8. The van der Waals surface area contributed by atoms with Crippen molar-refractivity contribution >= 4 is 0 Å². The van der Waals surface area contributed by atoms with Gasteiger partial charge >= 0.3 is 0 Å². The molecule has 1 aliphatic heterocycles. The number of nitrogens with one attached hydrogen (secondary N) is 1. The van der Waals surface area contributed by atoms with Crippen LogP contribution in [0.25, 0.3) is 0 Å². The molecule has 1 spiro atoms. The average Bonchev–Trinajstić information content (AvgIpc) is 2.78. The molecule has 1 heteroatoms. The minimum absolute atomic E-state index is 0.648. The van der Waals surface area contributed by atoms with Crippen LogP contribution in [0.5, 0.6) is 0 Å². The topological polar surface area (TPSA) is 12.0 Å². The highest BCUT2D eigenvalue weighted by Crippen LogP contribution is 2.58. The van der Waals surface area contributed by atoms with Crippen molar-refractivity contribution in [1.82, 2.24) is 5.32 Å². The van der Waals surface area contributed by atoms with Gasteiger partial charge < -0.3 is 5.32 Å². The zero-order chi connectivity index (χ0) is 14.9. The van der Waals surface area contributed by atoms with E-state index in [1.807, 2.05) is 0 Å². The normalized spacial score (nSPS) is 49.0. The van der Waals surface area contributed by atoms with Gasteiger partial charge in [-0.3, -0.25) is 0 Å². The van der Waals surface area contributed by atoms with E-state index < -0.39 is 0 Å². The zero-order valence-corrected chi connectivity index (χ0v) is 14.7. The lowest BCUT2D eigenvalue weighted by molar-refractivity contribution is -0.0270. The van der Waals surface area contributed by atoms with Gasteiger partial charge in [-0.1, -0.05) is 58.8 Å². The van der Waals surface area contributed by atoms with Gasteiger partial charge in [0.05, 0.1) is 0 Å². The van der Waals surface area contributed by atoms with Gasteiger partial charge in [0.25, 0.3) is 0 Å². The van der Waals surface area contributed by atoms with Crippen molar-refractivity contribution in [2.75, 3.05) is 6.54 Å². The highest BCUT2D eigenvalue weighted by molar-refractivity contribution is 5.08. The fraction of sp³-hybridized carbons (Fsp3) is 1.00. The summed E-state index contributed by atoms with van der Waals surface area (Å²) in [5.41, 5.74) is 0.648. The molecule has 3 aliphatic rings. The van der Waals surface area contributed by atoms with E-state index in [1.54, 1.807) is 0 Å². The maximum absolute atomic E-state index is 3.90. The molecule has 6 atom stereocenters. The molecular weight excluding hydrogens is 254 g/mol. The summed E-state index contributed by atoms with van der Waals surface area (Å²) in [6, 6.07) is 0.746. The van der Waals surface area contributed by atoms with E-state index in [2.05, 4.69) is 26.1 Å². The Morgan fingerprint density at radius 3 is 2.29 bits per heavy atom. The van der Waals surface area contributed by atoms with Gasteiger partial charge in [0.2, 0.25) is 0 Å². The molecule has 0 aromatic heterocycles. The fourth-order valence-corrected chi connectivity index (χ4v) is 6.33. The first-order chi connectivity index (χ1) is 10.1. The first-order valence-corrected chi connectivity index (χ1v) is 9.88. The molecule has 1 heterocycles. The lowest BCUT2D eigenvalue weighted by Crippen LogP contribution is -2.48. The Kier molecular flexibility index (Phi) is 4.98. The average molecular weight is 292 g/mol. The molecule has 0 aromatic rings. The van der Waals surface area contributed by atoms with Gasteiger partial charge in [-0.05, 0) is 55.3 Å². The molecule has 1 saturated heterocycles. The molecule has 0 amide bonds. The van der Waals surface area contributed by atoms with Crippen molar-refractivity contribution in [3.8, 4) is 0 Å². The van der Waals surface area contributed by atoms with E-state index in [9.17, 15) is 0 Å². The molecule has 1 nitrogen and oxygen atoms in total. The van der Waals surface area contributed by atoms with Crippen molar-refractivity contribution in [1.29, 1.82) is 0 Å². The highest BCUT2D eigenvalue weighted by Gasteiger charge is 2.56. The predicted molar refractivity (Wildman–Crippen MR) is 91.4 cm³/mol. The summed E-state index contributed by atoms with van der Waals surface area (Å²) in [6.07, 6.45) is 15.0. The molecule has 3 fully saturated rings. The van der Waals surface area contributed by atoms with Gasteiger partial charge in [0.1, 0.15) is 0 Å². The summed E-state index contributed by atoms with van der Waals surface area (Å²) < 4.78 is 0. The van der Waals surface area contributed by atoms with Crippen LogP contribution in [0.1, 0.15) is 85.0 Å². The Labute approximate surface area is 132 Å². The largest absolute Gasteiger partial charge is 0.313 e. The van der Waals surface area contributed by atoms with Crippen LogP contribution in [0, 0.1) is 29.1 Å². The molecule has 1 N–H and O–H groups in total. The number of hydrogen-bond acceptors (Lipinski definition) is 1. The third kappa shape index (κ3) is 2.92. The molecule has 0 bridgehead atoms. The Hall–Kier alpha value is -0.0400. The Morgan fingerprint density at radius 2 is 1.52 bits per heavy atom. The predicted octanol–water partition coefficient (Wildman–Crippen LogP) is 5.40. The molecule has 0 aromatic carbocycles. The van der Waals surface area contributed by atoms with Gasteiger partial charge in [-0.2, -0.15) is 0 Å². The van der Waals surface area contributed by atoms with E-state index in [4.69, 9.17) is 0 Å². The van der Waals surface area contributed by atoms with Crippen molar-refractivity contribution < 1.29 is 0 Å². The lowest BCUT2D eigenvalue weighted by Gasteiger charge is -2.52. The molecule has 122 valence electrons. The summed E-state index contributed by atoms with van der Waals surface area (Å²) >= 11 is 0. The Balaban J connectivity index is 1.85. The summed E-state index contributed by atoms with van der Waals surface area (Å²) in [7, 11) is 0. The van der Waals surface area contributed by atoms with Crippen molar-refractivity contribution in [3.05, 3.63) is 0 Å². The quantitative estimate of drug-likeness (QED) is 0.630. The third-order valence-electron chi connectivity index (χ3n) is 7.58. The minimum Gasteiger partial charge on any atom is -0.313 e. The molecular formula is C20H37N. The molecule has 0 radical (unpaired) electrons. The second kappa shape index (κ2) is 6.60. The van der Waals surface area contributed by atoms with Crippen molar-refractivity contribution in [2.45, 2.75) is 91.0 Å². The van der Waals surface area contributed by atoms with Crippen LogP contribution >= 0.6 is 0 Å². The summed E-state index contributed by atoms with van der Waals surface area (Å²) in [5, 5.41) is 3.90. The number of rotatable bonds is 0. The molecule has 21 heavy (non-hydrogen) atoms. The highest BCUT2D eigenvalue weighted by atomic mass is 15.0. The first-order valence-electron chi connectivity index (χ1n) is 9.88. The summed E-state index contributed by atoms with van der Waals surface area (Å²) in [6.45, 7) is 8.88. The van der Waals surface area contributed by atoms with Crippen LogP contribution < -0.4 is 5.32 Å². The fourth-order valence-electron chi connectivity index (χ4n) is 6.33. The third-order valence-corrected chi connectivity index (χ3v) is 7.58. The molecule has 0 unspecified atom stereocenters. The van der Waals surface area contributed by atoms with E-state index in [0.29, 0.717) is 5.41 Å². The van der Waals surface area contributed by atoms with Crippen LogP contribution in [0.15, 0.2) is 0 Å². The van der Waals surface area contributed by atoms with Crippen LogP contribution in [0.3, 0.4) is 0 Å². The Morgan fingerprint density at radius 1 is 0.857 bits per heavy atom. The monoisotopic (exact) mass is 291 g/mol. The second-order valence-corrected chi connectivity index (χ2v) is 8.71. The molecule has 2 aliphatic carbocycles. The van der Waals surface area contributed by atoms with E-state index in [-0.39, 0.29) is 0 Å². The van der Waals surface area contributed by atoms with Crippen molar-refractivity contribution in [3.63, 3.8) is 0 Å². The zero-order valence-electron chi connectivity index (χ0n) is 14.7. The van der Waals surface area contributed by atoms with Gasteiger partial charge in [-0.25, -0.2) is 0 Å². The van der Waals surface area contributed by atoms with Gasteiger partial charge in [-0.15, -0.1) is 0 Å². The van der Waals surface area contributed by atoms with Crippen LogP contribution in [-0.2, 0) is 0 Å². The SMILES string of the molecule is C[C@H]1[C@H]2[C@H](C)NC[C@]23CCCCCCCCC[C@H]3C[C@H]1C. The lowest BCUT2D eigenvalue weighted by atomic mass is 9.52. The number of hydrogen-bond donors (Lipinski definition) is 1. The van der Waals surface area contributed by atoms with Gasteiger partial charge in [0, 0.05) is 12.6 Å². The summed E-state index contributed by atoms with van der Waals surface area (Å²) in [4.78, 5) is 0. The molecule has 2 saturated carbocycles. The smallest absolute Gasteiger partial charge is 0.00757 e. The maximum atomic E-state index is 3.90. The maximum Gasteiger partial charge on any atom is 0.00757 e. The van der Waals surface area contributed by atoms with Crippen LogP contribution in [-0.4, -0.2) is 12.6 Å². The van der Waals surface area contributed by atoms with E-state index >= 15 is 0 Å². The standard InChI is InChI=1S/C20H37N/c1-15-13-18-11-9-7-5-4-6-8-10-12-20(18)14-21-17(3)19(20)16(15)2/h15-19,21H,4-14H2,1-3H3/t15-,16-,17+,18+,19+,20+/m1/s1. The summed E-state index contributed by atoms with van der Waals surface area (Å²) in [5.74, 6) is 3.79. The van der Waals surface area contributed by atoms with Crippen molar-refractivity contribution in [2.24, 2.45) is 29.1 Å². The van der Waals surface area contributed by atoms with E-state index in [1.165, 1.54) is 70.8 Å². The van der Waals surface area contributed by atoms with Gasteiger partial charge in [0.15, 0.2) is 0 Å². The second-order valence-electron chi connectivity index (χ2n) is 8.71. The Bertz CT molecular complexity index is 339. The van der Waals surface area contributed by atoms with Crippen LogP contribution in [0.2, 0.25) is 0 Å². The van der Waals surface area contributed by atoms with Crippen LogP contribution in [0.4, 0.5) is 0 Å².